The summed E-state index contributed by atoms with van der Waals surface area (Å²) in [6.45, 7) is 4.48. The third kappa shape index (κ3) is 4.42. The minimum Gasteiger partial charge on any atom is -0.492 e. The summed E-state index contributed by atoms with van der Waals surface area (Å²) in [5, 5.41) is 2.88. The Morgan fingerprint density at radius 1 is 0.885 bits per heavy atom. The van der Waals surface area contributed by atoms with E-state index in [0.717, 1.165) is 5.75 Å². The van der Waals surface area contributed by atoms with Crippen molar-refractivity contribution in [3.63, 3.8) is 0 Å². The molecule has 0 unspecified atom stereocenters. The summed E-state index contributed by atoms with van der Waals surface area (Å²) >= 11 is 0. The molecule has 0 atom stereocenters. The Bertz CT molecular complexity index is 871. The second-order valence-electron chi connectivity index (χ2n) is 5.82. The molecule has 4 heteroatoms. The number of anilines is 1. The van der Waals surface area contributed by atoms with Crippen LogP contribution in [0.3, 0.4) is 0 Å². The number of benzene rings is 3. The van der Waals surface area contributed by atoms with Gasteiger partial charge in [0.25, 0.3) is 5.91 Å². The van der Waals surface area contributed by atoms with Gasteiger partial charge in [0.15, 0.2) is 0 Å². The molecule has 0 bridgehead atoms. The van der Waals surface area contributed by atoms with Crippen molar-refractivity contribution < 1.29 is 14.3 Å². The maximum absolute atomic E-state index is 12.5. The zero-order valence-electron chi connectivity index (χ0n) is 14.9. The summed E-state index contributed by atoms with van der Waals surface area (Å²) in [7, 11) is 0. The van der Waals surface area contributed by atoms with Gasteiger partial charge >= 0.3 is 0 Å². The molecule has 4 nitrogen and oxygen atoms in total. The van der Waals surface area contributed by atoms with E-state index in [2.05, 4.69) is 5.32 Å². The number of aryl methyl sites for hydroxylation is 1. The van der Waals surface area contributed by atoms with Crippen LogP contribution in [0.2, 0.25) is 0 Å². The normalized spacial score (nSPS) is 10.2. The van der Waals surface area contributed by atoms with Gasteiger partial charge < -0.3 is 14.8 Å². The van der Waals surface area contributed by atoms with Gasteiger partial charge in [-0.25, -0.2) is 0 Å². The number of ether oxygens (including phenoxy) is 2. The van der Waals surface area contributed by atoms with Crippen LogP contribution in [-0.4, -0.2) is 12.5 Å². The van der Waals surface area contributed by atoms with Gasteiger partial charge in [0.2, 0.25) is 0 Å². The first kappa shape index (κ1) is 17.5. The molecule has 0 spiro atoms. The highest BCUT2D eigenvalue weighted by atomic mass is 16.5. The van der Waals surface area contributed by atoms with E-state index >= 15 is 0 Å². The van der Waals surface area contributed by atoms with Crippen molar-refractivity contribution in [2.45, 2.75) is 13.8 Å². The fraction of sp³-hybridized carbons (Fsp3) is 0.136. The monoisotopic (exact) mass is 347 g/mol. The maximum atomic E-state index is 12.5. The summed E-state index contributed by atoms with van der Waals surface area (Å²) in [4.78, 5) is 12.5. The predicted octanol–water partition coefficient (Wildman–Crippen LogP) is 5.44. The third-order valence-corrected chi connectivity index (χ3v) is 3.81. The lowest BCUT2D eigenvalue weighted by Gasteiger charge is -2.11. The highest BCUT2D eigenvalue weighted by Crippen LogP contribution is 2.25. The van der Waals surface area contributed by atoms with Crippen LogP contribution in [0.1, 0.15) is 22.8 Å². The molecule has 0 aromatic heterocycles. The molecule has 3 aromatic carbocycles. The van der Waals surface area contributed by atoms with Gasteiger partial charge in [0, 0.05) is 5.56 Å². The Morgan fingerprint density at radius 2 is 1.50 bits per heavy atom. The molecular weight excluding hydrogens is 326 g/mol. The summed E-state index contributed by atoms with van der Waals surface area (Å²) in [6.07, 6.45) is 0. The van der Waals surface area contributed by atoms with Crippen molar-refractivity contribution in [3.05, 3.63) is 83.9 Å². The largest absolute Gasteiger partial charge is 0.492 e. The molecule has 3 rings (SSSR count). The van der Waals surface area contributed by atoms with Crippen LogP contribution >= 0.6 is 0 Å². The van der Waals surface area contributed by atoms with Crippen molar-refractivity contribution in [1.29, 1.82) is 0 Å². The molecule has 1 amide bonds. The molecule has 0 fully saturated rings. The van der Waals surface area contributed by atoms with Gasteiger partial charge in [-0.05, 0) is 62.4 Å². The van der Waals surface area contributed by atoms with Gasteiger partial charge in [0.1, 0.15) is 17.2 Å². The van der Waals surface area contributed by atoms with E-state index in [-0.39, 0.29) is 5.91 Å². The molecule has 0 saturated carbocycles. The first-order valence-corrected chi connectivity index (χ1v) is 8.53. The number of para-hydroxylation sites is 2. The Hall–Kier alpha value is -3.27. The van der Waals surface area contributed by atoms with Crippen LogP contribution in [0.5, 0.6) is 17.2 Å². The van der Waals surface area contributed by atoms with E-state index in [1.807, 2.05) is 62.4 Å². The van der Waals surface area contributed by atoms with Crippen molar-refractivity contribution >= 4 is 11.6 Å². The second kappa shape index (κ2) is 8.21. The number of nitrogens with one attached hydrogen (secondary N) is 1. The van der Waals surface area contributed by atoms with Gasteiger partial charge in [0.05, 0.1) is 12.3 Å². The maximum Gasteiger partial charge on any atom is 0.255 e. The fourth-order valence-electron chi connectivity index (χ4n) is 2.46. The summed E-state index contributed by atoms with van der Waals surface area (Å²) in [5.41, 5.74) is 2.38. The molecule has 26 heavy (non-hydrogen) atoms. The van der Waals surface area contributed by atoms with E-state index in [9.17, 15) is 4.79 Å². The average molecular weight is 347 g/mol. The molecule has 0 saturated heterocycles. The van der Waals surface area contributed by atoms with Crippen LogP contribution in [0, 0.1) is 6.92 Å². The van der Waals surface area contributed by atoms with Gasteiger partial charge in [-0.3, -0.25) is 4.79 Å². The van der Waals surface area contributed by atoms with Crippen LogP contribution in [0.15, 0.2) is 72.8 Å². The zero-order valence-corrected chi connectivity index (χ0v) is 14.9. The minimum atomic E-state index is -0.195. The molecule has 3 aromatic rings. The molecular formula is C22H21NO3. The SMILES string of the molecule is CCOc1ccccc1NC(=O)c1ccc(Oc2ccc(C)cc2)cc1. The molecule has 0 aliphatic carbocycles. The number of hydrogen-bond donors (Lipinski definition) is 1. The number of rotatable bonds is 6. The van der Waals surface area contributed by atoms with E-state index < -0.39 is 0 Å². The smallest absolute Gasteiger partial charge is 0.255 e. The summed E-state index contributed by atoms with van der Waals surface area (Å²) in [6, 6.07) is 22.2. The van der Waals surface area contributed by atoms with E-state index in [4.69, 9.17) is 9.47 Å². The first-order chi connectivity index (χ1) is 12.7. The van der Waals surface area contributed by atoms with Crippen LogP contribution in [-0.2, 0) is 0 Å². The second-order valence-corrected chi connectivity index (χ2v) is 5.82. The number of carbonyl (C=O) groups excluding carboxylic acids is 1. The van der Waals surface area contributed by atoms with Crippen LogP contribution in [0.4, 0.5) is 5.69 Å². The molecule has 0 aliphatic heterocycles. The standard InChI is InChI=1S/C22H21NO3/c1-3-25-21-7-5-4-6-20(21)23-22(24)17-10-14-19(15-11-17)26-18-12-8-16(2)9-13-18/h4-15H,3H2,1-2H3,(H,23,24). The molecule has 0 radical (unpaired) electrons. The first-order valence-electron chi connectivity index (χ1n) is 8.53. The lowest BCUT2D eigenvalue weighted by Crippen LogP contribution is -2.12. The highest BCUT2D eigenvalue weighted by Gasteiger charge is 2.10. The Balaban J connectivity index is 1.68. The highest BCUT2D eigenvalue weighted by molar-refractivity contribution is 6.05. The average Bonchev–Trinajstić information content (AvgIpc) is 2.66. The quantitative estimate of drug-likeness (QED) is 0.646. The van der Waals surface area contributed by atoms with Crippen LogP contribution in [0.25, 0.3) is 0 Å². The van der Waals surface area contributed by atoms with Crippen LogP contribution < -0.4 is 14.8 Å². The van der Waals surface area contributed by atoms with Crippen molar-refractivity contribution in [3.8, 4) is 17.2 Å². The third-order valence-electron chi connectivity index (χ3n) is 3.81. The summed E-state index contributed by atoms with van der Waals surface area (Å²) < 4.78 is 11.3. The zero-order chi connectivity index (χ0) is 18.4. The Morgan fingerprint density at radius 3 is 2.15 bits per heavy atom. The molecule has 0 heterocycles. The number of carbonyl (C=O) groups is 1. The number of amides is 1. The summed E-state index contributed by atoms with van der Waals surface area (Å²) in [5.74, 6) is 1.90. The van der Waals surface area contributed by atoms with Crippen molar-refractivity contribution in [2.24, 2.45) is 0 Å². The van der Waals surface area contributed by atoms with Crippen molar-refractivity contribution in [1.82, 2.24) is 0 Å². The van der Waals surface area contributed by atoms with Crippen molar-refractivity contribution in [2.75, 3.05) is 11.9 Å². The predicted molar refractivity (Wildman–Crippen MR) is 103 cm³/mol. The van der Waals surface area contributed by atoms with Gasteiger partial charge in [-0.2, -0.15) is 0 Å². The lowest BCUT2D eigenvalue weighted by atomic mass is 10.2. The van der Waals surface area contributed by atoms with Gasteiger partial charge in [-0.1, -0.05) is 29.8 Å². The molecule has 132 valence electrons. The Kier molecular flexibility index (Phi) is 5.54. The van der Waals surface area contributed by atoms with E-state index in [1.54, 1.807) is 24.3 Å². The van der Waals surface area contributed by atoms with E-state index in [1.165, 1.54) is 5.56 Å². The topological polar surface area (TPSA) is 47.6 Å². The molecule has 1 N–H and O–H groups in total. The van der Waals surface area contributed by atoms with Gasteiger partial charge in [-0.15, -0.1) is 0 Å². The van der Waals surface area contributed by atoms with E-state index in [0.29, 0.717) is 29.4 Å². The Labute approximate surface area is 153 Å². The number of hydrogen-bond acceptors (Lipinski definition) is 3. The molecule has 0 aliphatic rings. The fourth-order valence-corrected chi connectivity index (χ4v) is 2.46. The minimum absolute atomic E-state index is 0.195. The lowest BCUT2D eigenvalue weighted by molar-refractivity contribution is 0.102.